The number of hydrogen-bond acceptors (Lipinski definition) is 3. The molecule has 0 unspecified atom stereocenters. The van der Waals surface area contributed by atoms with Gasteiger partial charge in [-0.3, -0.25) is 4.68 Å². The van der Waals surface area contributed by atoms with Crippen molar-refractivity contribution in [3.05, 3.63) is 54.7 Å². The Morgan fingerprint density at radius 3 is 2.23 bits per heavy atom. The van der Waals surface area contributed by atoms with E-state index >= 15 is 0 Å². The van der Waals surface area contributed by atoms with Gasteiger partial charge in [0.1, 0.15) is 0 Å². The zero-order valence-electron chi connectivity index (χ0n) is 12.9. The minimum atomic E-state index is 0.725. The van der Waals surface area contributed by atoms with Crippen LogP contribution in [0.2, 0.25) is 0 Å². The fourth-order valence-electron chi connectivity index (χ4n) is 2.44. The standard InChI is InChI=1S/C18H18N2O2/c1-20-10-9-16(19-20)15-6-4-5-13(11-15)14-7-8-17(21-2)18(12-14)22-3/h4-12H,1-3H3. The van der Waals surface area contributed by atoms with E-state index in [0.717, 1.165) is 33.9 Å². The van der Waals surface area contributed by atoms with Crippen LogP contribution >= 0.6 is 0 Å². The smallest absolute Gasteiger partial charge is 0.161 e. The number of aryl methyl sites for hydroxylation is 1. The topological polar surface area (TPSA) is 36.3 Å². The summed E-state index contributed by atoms with van der Waals surface area (Å²) in [6.07, 6.45) is 1.94. The molecule has 4 heteroatoms. The van der Waals surface area contributed by atoms with Crippen LogP contribution < -0.4 is 9.47 Å². The molecule has 0 spiro atoms. The summed E-state index contributed by atoms with van der Waals surface area (Å²) >= 11 is 0. The van der Waals surface area contributed by atoms with E-state index < -0.39 is 0 Å². The molecule has 1 aromatic heterocycles. The SMILES string of the molecule is COc1ccc(-c2cccc(-c3ccn(C)n3)c2)cc1OC. The van der Waals surface area contributed by atoms with Gasteiger partial charge in [0.2, 0.25) is 0 Å². The second-order valence-electron chi connectivity index (χ2n) is 5.03. The van der Waals surface area contributed by atoms with Crippen molar-refractivity contribution in [3.8, 4) is 33.9 Å². The van der Waals surface area contributed by atoms with E-state index in [4.69, 9.17) is 9.47 Å². The molecule has 1 heterocycles. The summed E-state index contributed by atoms with van der Waals surface area (Å²) in [6, 6.07) is 16.2. The first-order chi connectivity index (χ1) is 10.7. The highest BCUT2D eigenvalue weighted by Gasteiger charge is 2.08. The fraction of sp³-hybridized carbons (Fsp3) is 0.167. The Bertz CT molecular complexity index is 793. The number of nitrogens with zero attached hydrogens (tertiary/aromatic N) is 2. The summed E-state index contributed by atoms with van der Waals surface area (Å²) in [6.45, 7) is 0. The summed E-state index contributed by atoms with van der Waals surface area (Å²) in [7, 11) is 5.20. The van der Waals surface area contributed by atoms with E-state index in [0.29, 0.717) is 0 Å². The van der Waals surface area contributed by atoms with Crippen LogP contribution in [-0.2, 0) is 7.05 Å². The average Bonchev–Trinajstić information content (AvgIpc) is 3.01. The molecule has 0 aliphatic carbocycles. The van der Waals surface area contributed by atoms with E-state index in [1.54, 1.807) is 18.9 Å². The second kappa shape index (κ2) is 5.93. The molecule has 22 heavy (non-hydrogen) atoms. The molecule has 0 atom stereocenters. The molecule has 0 bridgehead atoms. The molecular weight excluding hydrogens is 276 g/mol. The van der Waals surface area contributed by atoms with Crippen LogP contribution in [0.4, 0.5) is 0 Å². The number of hydrogen-bond donors (Lipinski definition) is 0. The molecule has 112 valence electrons. The summed E-state index contributed by atoms with van der Waals surface area (Å²) in [4.78, 5) is 0. The Morgan fingerprint density at radius 2 is 1.55 bits per heavy atom. The maximum Gasteiger partial charge on any atom is 0.161 e. The van der Waals surface area contributed by atoms with Gasteiger partial charge in [-0.05, 0) is 35.4 Å². The van der Waals surface area contributed by atoms with Gasteiger partial charge in [-0.1, -0.05) is 24.3 Å². The van der Waals surface area contributed by atoms with Gasteiger partial charge in [0, 0.05) is 18.8 Å². The van der Waals surface area contributed by atoms with Gasteiger partial charge < -0.3 is 9.47 Å². The maximum absolute atomic E-state index is 5.38. The molecule has 2 aromatic carbocycles. The van der Waals surface area contributed by atoms with Crippen LogP contribution in [0.5, 0.6) is 11.5 Å². The molecule has 0 aliphatic rings. The third-order valence-corrected chi connectivity index (χ3v) is 3.59. The van der Waals surface area contributed by atoms with E-state index in [1.165, 1.54) is 0 Å². The van der Waals surface area contributed by atoms with Crippen LogP contribution in [-0.4, -0.2) is 24.0 Å². The first-order valence-electron chi connectivity index (χ1n) is 7.04. The predicted octanol–water partition coefficient (Wildman–Crippen LogP) is 3.77. The lowest BCUT2D eigenvalue weighted by molar-refractivity contribution is 0.355. The van der Waals surface area contributed by atoms with Crippen LogP contribution in [0, 0.1) is 0 Å². The van der Waals surface area contributed by atoms with Gasteiger partial charge in [0.15, 0.2) is 11.5 Å². The molecule has 4 nitrogen and oxygen atoms in total. The average molecular weight is 294 g/mol. The first-order valence-corrected chi connectivity index (χ1v) is 7.04. The summed E-state index contributed by atoms with van der Waals surface area (Å²) in [5.74, 6) is 1.45. The molecule has 0 aliphatic heterocycles. The molecule has 3 aromatic rings. The Labute approximate surface area is 129 Å². The van der Waals surface area contributed by atoms with Gasteiger partial charge >= 0.3 is 0 Å². The zero-order valence-corrected chi connectivity index (χ0v) is 12.9. The van der Waals surface area contributed by atoms with Crippen LogP contribution in [0.3, 0.4) is 0 Å². The van der Waals surface area contributed by atoms with Crippen molar-refractivity contribution in [2.45, 2.75) is 0 Å². The van der Waals surface area contributed by atoms with Gasteiger partial charge in [0.25, 0.3) is 0 Å². The molecule has 0 amide bonds. The Hall–Kier alpha value is -2.75. The molecule has 0 N–H and O–H groups in total. The summed E-state index contributed by atoms with van der Waals surface area (Å²) < 4.78 is 12.5. The lowest BCUT2D eigenvalue weighted by Crippen LogP contribution is -1.91. The molecule has 0 fully saturated rings. The Morgan fingerprint density at radius 1 is 0.818 bits per heavy atom. The van der Waals surface area contributed by atoms with Crippen molar-refractivity contribution in [2.75, 3.05) is 14.2 Å². The molecule has 3 rings (SSSR count). The second-order valence-corrected chi connectivity index (χ2v) is 5.03. The largest absolute Gasteiger partial charge is 0.493 e. The van der Waals surface area contributed by atoms with E-state index in [-0.39, 0.29) is 0 Å². The van der Waals surface area contributed by atoms with Gasteiger partial charge in [-0.2, -0.15) is 5.10 Å². The van der Waals surface area contributed by atoms with E-state index in [1.807, 2.05) is 43.6 Å². The predicted molar refractivity (Wildman–Crippen MR) is 87.2 cm³/mol. The van der Waals surface area contributed by atoms with Crippen LogP contribution in [0.25, 0.3) is 22.4 Å². The number of ether oxygens (including phenoxy) is 2. The highest BCUT2D eigenvalue weighted by atomic mass is 16.5. The van der Waals surface area contributed by atoms with Crippen molar-refractivity contribution < 1.29 is 9.47 Å². The molecular formula is C18H18N2O2. The molecule has 0 saturated heterocycles. The van der Waals surface area contributed by atoms with Crippen molar-refractivity contribution in [2.24, 2.45) is 7.05 Å². The van der Waals surface area contributed by atoms with Crippen molar-refractivity contribution >= 4 is 0 Å². The number of benzene rings is 2. The maximum atomic E-state index is 5.38. The summed E-state index contributed by atoms with van der Waals surface area (Å²) in [5, 5.41) is 4.45. The minimum Gasteiger partial charge on any atom is -0.493 e. The van der Waals surface area contributed by atoms with Crippen molar-refractivity contribution in [1.82, 2.24) is 9.78 Å². The Kier molecular flexibility index (Phi) is 3.83. The van der Waals surface area contributed by atoms with Crippen LogP contribution in [0.1, 0.15) is 0 Å². The fourth-order valence-corrected chi connectivity index (χ4v) is 2.44. The molecule has 0 saturated carbocycles. The molecule has 0 radical (unpaired) electrons. The summed E-state index contributed by atoms with van der Waals surface area (Å²) in [5.41, 5.74) is 4.25. The third kappa shape index (κ3) is 2.68. The zero-order chi connectivity index (χ0) is 15.5. The van der Waals surface area contributed by atoms with E-state index in [9.17, 15) is 0 Å². The minimum absolute atomic E-state index is 0.725. The van der Waals surface area contributed by atoms with E-state index in [2.05, 4.69) is 23.3 Å². The first kappa shape index (κ1) is 14.2. The van der Waals surface area contributed by atoms with Crippen molar-refractivity contribution in [1.29, 1.82) is 0 Å². The highest BCUT2D eigenvalue weighted by Crippen LogP contribution is 2.33. The van der Waals surface area contributed by atoms with Gasteiger partial charge in [-0.15, -0.1) is 0 Å². The normalized spacial score (nSPS) is 10.5. The lowest BCUT2D eigenvalue weighted by atomic mass is 10.0. The Balaban J connectivity index is 2.02. The van der Waals surface area contributed by atoms with Crippen LogP contribution in [0.15, 0.2) is 54.7 Å². The highest BCUT2D eigenvalue weighted by molar-refractivity contribution is 5.73. The number of rotatable bonds is 4. The van der Waals surface area contributed by atoms with Gasteiger partial charge in [0.05, 0.1) is 19.9 Å². The number of aromatic nitrogens is 2. The monoisotopic (exact) mass is 294 g/mol. The lowest BCUT2D eigenvalue weighted by Gasteiger charge is -2.10. The number of methoxy groups -OCH3 is 2. The quantitative estimate of drug-likeness (QED) is 0.735. The third-order valence-electron chi connectivity index (χ3n) is 3.59. The van der Waals surface area contributed by atoms with Crippen molar-refractivity contribution in [3.63, 3.8) is 0 Å². The van der Waals surface area contributed by atoms with Gasteiger partial charge in [-0.25, -0.2) is 0 Å².